The number of nitrogens with zero attached hydrogens (tertiary/aromatic N) is 1. The summed E-state index contributed by atoms with van der Waals surface area (Å²) in [6.07, 6.45) is 0. The highest BCUT2D eigenvalue weighted by atomic mass is 35.5. The number of benzene rings is 1. The van der Waals surface area contributed by atoms with Crippen molar-refractivity contribution >= 4 is 23.3 Å². The number of nitro benzene ring substituents is 1. The molecule has 1 rings (SSSR count). The van der Waals surface area contributed by atoms with Crippen molar-refractivity contribution in [3.8, 4) is 0 Å². The van der Waals surface area contributed by atoms with E-state index in [0.717, 1.165) is 0 Å². The van der Waals surface area contributed by atoms with Crippen LogP contribution in [0.2, 0.25) is 5.02 Å². The van der Waals surface area contributed by atoms with Crippen molar-refractivity contribution in [1.29, 1.82) is 0 Å². The second kappa shape index (κ2) is 6.49. The third kappa shape index (κ3) is 4.18. The van der Waals surface area contributed by atoms with Crippen LogP contribution in [-0.2, 0) is 4.79 Å². The number of aliphatic carboxylic acids is 1. The van der Waals surface area contributed by atoms with Gasteiger partial charge in [-0.2, -0.15) is 0 Å². The van der Waals surface area contributed by atoms with E-state index in [-0.39, 0.29) is 16.6 Å². The zero-order chi connectivity index (χ0) is 14.6. The highest BCUT2D eigenvalue weighted by Gasteiger charge is 2.23. The van der Waals surface area contributed by atoms with Crippen LogP contribution in [0, 0.1) is 16.0 Å². The molecule has 0 heterocycles. The zero-order valence-corrected chi connectivity index (χ0v) is 11.3. The molecule has 0 radical (unpaired) electrons. The Labute approximate surface area is 115 Å². The van der Waals surface area contributed by atoms with Gasteiger partial charge in [0.2, 0.25) is 0 Å². The maximum atomic E-state index is 11.2. The van der Waals surface area contributed by atoms with Gasteiger partial charge in [0.1, 0.15) is 11.1 Å². The predicted molar refractivity (Wildman–Crippen MR) is 71.3 cm³/mol. The average Bonchev–Trinajstić information content (AvgIpc) is 2.30. The number of nitro groups is 1. The van der Waals surface area contributed by atoms with E-state index in [9.17, 15) is 20.0 Å². The van der Waals surface area contributed by atoms with Gasteiger partial charge in [0.15, 0.2) is 0 Å². The van der Waals surface area contributed by atoms with Crippen LogP contribution in [0.15, 0.2) is 18.2 Å². The lowest BCUT2D eigenvalue weighted by atomic mass is 10.1. The molecule has 2 N–H and O–H groups in total. The van der Waals surface area contributed by atoms with E-state index in [0.29, 0.717) is 12.1 Å². The van der Waals surface area contributed by atoms with Gasteiger partial charge in [0, 0.05) is 6.07 Å². The number of carboxylic acid groups (broad SMARTS) is 1. The summed E-state index contributed by atoms with van der Waals surface area (Å²) in [4.78, 5) is 21.4. The van der Waals surface area contributed by atoms with Gasteiger partial charge in [-0.25, -0.2) is 0 Å². The van der Waals surface area contributed by atoms with Crippen LogP contribution in [0.25, 0.3) is 0 Å². The maximum Gasteiger partial charge on any atom is 0.325 e. The number of rotatable bonds is 6. The molecule has 1 atom stereocenters. The van der Waals surface area contributed by atoms with E-state index >= 15 is 0 Å². The van der Waals surface area contributed by atoms with Gasteiger partial charge in [-0.05, 0) is 24.1 Å². The molecule has 1 aromatic carbocycles. The SMILES string of the molecule is CC(C)CNC(C(=O)O)c1ccc(Cl)c([N+](=O)[O-])c1. The molecule has 7 heteroatoms. The van der Waals surface area contributed by atoms with Crippen molar-refractivity contribution < 1.29 is 14.8 Å². The Morgan fingerprint density at radius 3 is 2.63 bits per heavy atom. The van der Waals surface area contributed by atoms with Crippen LogP contribution in [0.1, 0.15) is 25.5 Å². The molecule has 0 amide bonds. The zero-order valence-electron chi connectivity index (χ0n) is 10.6. The Bertz CT molecular complexity index is 491. The monoisotopic (exact) mass is 286 g/mol. The van der Waals surface area contributed by atoms with Gasteiger partial charge in [-0.1, -0.05) is 31.5 Å². The van der Waals surface area contributed by atoms with Crippen molar-refractivity contribution in [2.24, 2.45) is 5.92 Å². The van der Waals surface area contributed by atoms with Crippen molar-refractivity contribution in [2.75, 3.05) is 6.54 Å². The topological polar surface area (TPSA) is 92.5 Å². The van der Waals surface area contributed by atoms with Crippen LogP contribution < -0.4 is 5.32 Å². The molecule has 0 saturated carbocycles. The van der Waals surface area contributed by atoms with Gasteiger partial charge >= 0.3 is 5.97 Å². The van der Waals surface area contributed by atoms with Crippen LogP contribution in [0.3, 0.4) is 0 Å². The number of nitrogens with one attached hydrogen (secondary N) is 1. The normalized spacial score (nSPS) is 12.4. The number of carbonyl (C=O) groups is 1. The fraction of sp³-hybridized carbons (Fsp3) is 0.417. The summed E-state index contributed by atoms with van der Waals surface area (Å²) in [6.45, 7) is 4.37. The first-order valence-corrected chi connectivity index (χ1v) is 6.10. The van der Waals surface area contributed by atoms with Crippen LogP contribution >= 0.6 is 11.6 Å². The molecule has 0 saturated heterocycles. The standard InChI is InChI=1S/C12H15ClN2O4/c1-7(2)6-14-11(12(16)17)8-3-4-9(13)10(5-8)15(18)19/h3-5,7,11,14H,6H2,1-2H3,(H,16,17). The van der Waals surface area contributed by atoms with Gasteiger partial charge in [0.25, 0.3) is 5.69 Å². The van der Waals surface area contributed by atoms with Crippen LogP contribution in [0.4, 0.5) is 5.69 Å². The summed E-state index contributed by atoms with van der Waals surface area (Å²) in [5.41, 5.74) is 0.0148. The highest BCUT2D eigenvalue weighted by Crippen LogP contribution is 2.27. The lowest BCUT2D eigenvalue weighted by molar-refractivity contribution is -0.384. The molecule has 0 bridgehead atoms. The first-order valence-electron chi connectivity index (χ1n) is 5.73. The van der Waals surface area contributed by atoms with Crippen molar-refractivity contribution in [3.05, 3.63) is 38.9 Å². The minimum atomic E-state index is -1.09. The molecule has 104 valence electrons. The summed E-state index contributed by atoms with van der Waals surface area (Å²) < 4.78 is 0. The fourth-order valence-corrected chi connectivity index (χ4v) is 1.74. The molecule has 0 aliphatic heterocycles. The smallest absolute Gasteiger partial charge is 0.325 e. The van der Waals surface area contributed by atoms with Crippen molar-refractivity contribution in [2.45, 2.75) is 19.9 Å². The van der Waals surface area contributed by atoms with Crippen LogP contribution in [0.5, 0.6) is 0 Å². The van der Waals surface area contributed by atoms with E-state index in [1.165, 1.54) is 18.2 Å². The quantitative estimate of drug-likeness (QED) is 0.619. The van der Waals surface area contributed by atoms with E-state index in [4.69, 9.17) is 11.6 Å². The Morgan fingerprint density at radius 2 is 2.16 bits per heavy atom. The summed E-state index contributed by atoms with van der Waals surface area (Å²) in [6, 6.07) is 3.01. The summed E-state index contributed by atoms with van der Waals surface area (Å²) in [5, 5.41) is 22.8. The largest absolute Gasteiger partial charge is 0.480 e. The van der Waals surface area contributed by atoms with E-state index in [1.54, 1.807) is 0 Å². The van der Waals surface area contributed by atoms with Gasteiger partial charge in [0.05, 0.1) is 4.92 Å². The van der Waals surface area contributed by atoms with Crippen molar-refractivity contribution in [1.82, 2.24) is 5.32 Å². The Morgan fingerprint density at radius 1 is 1.53 bits per heavy atom. The molecule has 0 aliphatic rings. The minimum absolute atomic E-state index is 0.0123. The number of hydrogen-bond acceptors (Lipinski definition) is 4. The summed E-state index contributed by atoms with van der Waals surface area (Å²) in [7, 11) is 0. The first-order chi connectivity index (χ1) is 8.82. The van der Waals surface area contributed by atoms with Gasteiger partial charge in [-0.3, -0.25) is 14.9 Å². The van der Waals surface area contributed by atoms with E-state index in [2.05, 4.69) is 5.32 Å². The molecular formula is C12H15ClN2O4. The third-order valence-electron chi connectivity index (χ3n) is 2.48. The minimum Gasteiger partial charge on any atom is -0.480 e. The maximum absolute atomic E-state index is 11.2. The van der Waals surface area contributed by atoms with Crippen LogP contribution in [-0.4, -0.2) is 22.5 Å². The second-order valence-electron chi connectivity index (χ2n) is 4.54. The average molecular weight is 287 g/mol. The Hall–Kier alpha value is -1.66. The molecule has 0 aromatic heterocycles. The number of halogens is 1. The summed E-state index contributed by atoms with van der Waals surface area (Å²) in [5.74, 6) is -0.818. The lowest BCUT2D eigenvalue weighted by Crippen LogP contribution is -2.31. The molecule has 0 fully saturated rings. The number of carboxylic acids is 1. The Kier molecular flexibility index (Phi) is 5.26. The van der Waals surface area contributed by atoms with Gasteiger partial charge < -0.3 is 10.4 Å². The predicted octanol–water partition coefficient (Wildman–Crippen LogP) is 2.62. The van der Waals surface area contributed by atoms with E-state index < -0.39 is 16.9 Å². The molecule has 19 heavy (non-hydrogen) atoms. The van der Waals surface area contributed by atoms with Gasteiger partial charge in [-0.15, -0.1) is 0 Å². The molecule has 1 aromatic rings. The molecule has 6 nitrogen and oxygen atoms in total. The second-order valence-corrected chi connectivity index (χ2v) is 4.95. The molecule has 0 spiro atoms. The fourth-order valence-electron chi connectivity index (χ4n) is 1.55. The van der Waals surface area contributed by atoms with Crippen molar-refractivity contribution in [3.63, 3.8) is 0 Å². The number of hydrogen-bond donors (Lipinski definition) is 2. The molecule has 0 aliphatic carbocycles. The lowest BCUT2D eigenvalue weighted by Gasteiger charge is -2.16. The molecular weight excluding hydrogens is 272 g/mol. The summed E-state index contributed by atoms with van der Waals surface area (Å²) >= 11 is 5.69. The van der Waals surface area contributed by atoms with E-state index in [1.807, 2.05) is 13.8 Å². The third-order valence-corrected chi connectivity index (χ3v) is 2.80. The Balaban J connectivity index is 3.06. The highest BCUT2D eigenvalue weighted by molar-refractivity contribution is 6.32. The molecule has 1 unspecified atom stereocenters. The first kappa shape index (κ1) is 15.4.